The molecule has 5 rings (SSSR count). The van der Waals surface area contributed by atoms with E-state index in [2.05, 4.69) is 49.2 Å². The summed E-state index contributed by atoms with van der Waals surface area (Å²) in [5.74, 6) is 0.637. The lowest BCUT2D eigenvalue weighted by atomic mass is 9.70. The number of H-pyrrole nitrogens is 1. The van der Waals surface area contributed by atoms with E-state index >= 15 is 0 Å². The average molecular weight is 332 g/mol. The molecule has 0 radical (unpaired) electrons. The van der Waals surface area contributed by atoms with Crippen molar-refractivity contribution >= 4 is 16.6 Å². The molecule has 2 bridgehead atoms. The van der Waals surface area contributed by atoms with Gasteiger partial charge >= 0.3 is 0 Å². The molecule has 0 spiro atoms. The van der Waals surface area contributed by atoms with Crippen molar-refractivity contribution in [3.8, 4) is 11.1 Å². The topological polar surface area (TPSA) is 46.5 Å². The first kappa shape index (κ1) is 14.9. The Morgan fingerprint density at radius 2 is 2.04 bits per heavy atom. The molecule has 0 amide bonds. The molecule has 25 heavy (non-hydrogen) atoms. The van der Waals surface area contributed by atoms with E-state index in [9.17, 15) is 0 Å². The fraction of sp³-hybridized carbons (Fsp3) is 0.429. The second kappa shape index (κ2) is 4.63. The molecule has 1 fully saturated rings. The van der Waals surface area contributed by atoms with Crippen LogP contribution >= 0.6 is 0 Å². The monoisotopic (exact) mass is 332 g/mol. The normalized spacial score (nSPS) is 27.2. The van der Waals surface area contributed by atoms with Crippen LogP contribution in [0.5, 0.6) is 0 Å². The fourth-order valence-corrected chi connectivity index (χ4v) is 5.02. The van der Waals surface area contributed by atoms with Gasteiger partial charge in [0.15, 0.2) is 0 Å². The Morgan fingerprint density at radius 1 is 1.20 bits per heavy atom. The zero-order valence-corrected chi connectivity index (χ0v) is 15.3. The van der Waals surface area contributed by atoms with Crippen molar-refractivity contribution in [3.05, 3.63) is 42.5 Å². The maximum atomic E-state index is 4.71. The Balaban J connectivity index is 1.65. The number of aromatic amines is 1. The first-order chi connectivity index (χ1) is 11.9. The Bertz CT molecular complexity index is 1020. The molecule has 0 aromatic carbocycles. The van der Waals surface area contributed by atoms with Crippen LogP contribution in [-0.4, -0.2) is 19.7 Å². The summed E-state index contributed by atoms with van der Waals surface area (Å²) < 4.78 is 1.84. The van der Waals surface area contributed by atoms with E-state index in [4.69, 9.17) is 4.98 Å². The average Bonchev–Trinajstić information content (AvgIpc) is 3.28. The molecule has 3 heterocycles. The lowest BCUT2D eigenvalue weighted by molar-refractivity contribution is 0.183. The highest BCUT2D eigenvalue weighted by Crippen LogP contribution is 2.66. The molecular formula is C21H24N4. The molecular weight excluding hydrogens is 308 g/mol. The molecule has 0 aliphatic heterocycles. The Labute approximate surface area is 148 Å². The first-order valence-electron chi connectivity index (χ1n) is 9.08. The summed E-state index contributed by atoms with van der Waals surface area (Å²) in [6.07, 6.45) is 13.2. The molecule has 2 atom stereocenters. The van der Waals surface area contributed by atoms with Gasteiger partial charge in [-0.15, -0.1) is 0 Å². The van der Waals surface area contributed by atoms with E-state index in [1.165, 1.54) is 34.9 Å². The minimum absolute atomic E-state index is 0.312. The second-order valence-electron chi connectivity index (χ2n) is 8.56. The zero-order valence-electron chi connectivity index (χ0n) is 15.3. The van der Waals surface area contributed by atoms with Gasteiger partial charge < -0.3 is 4.98 Å². The maximum absolute atomic E-state index is 4.71. The number of allylic oxidation sites excluding steroid dienone is 2. The molecule has 2 aliphatic carbocycles. The predicted octanol–water partition coefficient (Wildman–Crippen LogP) is 4.80. The van der Waals surface area contributed by atoms with Gasteiger partial charge in [0.25, 0.3) is 0 Å². The van der Waals surface area contributed by atoms with Crippen LogP contribution < -0.4 is 0 Å². The quantitative estimate of drug-likeness (QED) is 0.732. The number of aryl methyl sites for hydroxylation is 1. The molecule has 0 saturated heterocycles. The van der Waals surface area contributed by atoms with Crippen molar-refractivity contribution in [2.45, 2.75) is 33.6 Å². The van der Waals surface area contributed by atoms with Gasteiger partial charge in [0.2, 0.25) is 0 Å². The van der Waals surface area contributed by atoms with Crippen molar-refractivity contribution < 1.29 is 0 Å². The summed E-state index contributed by atoms with van der Waals surface area (Å²) in [5, 5.41) is 5.49. The number of pyridine rings is 1. The standard InChI is InChI=1S/C21H24N4/c1-20(2)18-5-6-21(20,3)8-16(18)13-7-15-17(11-23-19(15)22-9-13)14-10-24-25(4)12-14/h7-12,18H,5-6H2,1-4H3,(H,22,23)/t18?,21-/m0/s1. The van der Waals surface area contributed by atoms with Crippen LogP contribution in [0.3, 0.4) is 0 Å². The van der Waals surface area contributed by atoms with Crippen molar-refractivity contribution in [2.24, 2.45) is 23.8 Å². The SMILES string of the molecule is Cn1cc(-c2c[nH]c3ncc(C4=C[C@]5(C)CCC4C5(C)C)cc23)cn1. The summed E-state index contributed by atoms with van der Waals surface area (Å²) in [4.78, 5) is 8.01. The van der Waals surface area contributed by atoms with Gasteiger partial charge in [-0.1, -0.05) is 26.8 Å². The molecule has 3 aromatic rings. The van der Waals surface area contributed by atoms with Crippen LogP contribution in [0.1, 0.15) is 39.2 Å². The van der Waals surface area contributed by atoms with Gasteiger partial charge in [-0.25, -0.2) is 4.98 Å². The Morgan fingerprint density at radius 3 is 2.68 bits per heavy atom. The summed E-state index contributed by atoms with van der Waals surface area (Å²) in [5.41, 5.74) is 6.66. The van der Waals surface area contributed by atoms with Gasteiger partial charge in [-0.2, -0.15) is 5.10 Å². The molecule has 4 nitrogen and oxygen atoms in total. The molecule has 4 heteroatoms. The number of rotatable bonds is 2. The van der Waals surface area contributed by atoms with Crippen LogP contribution in [0.2, 0.25) is 0 Å². The van der Waals surface area contributed by atoms with Gasteiger partial charge in [0.05, 0.1) is 6.20 Å². The first-order valence-corrected chi connectivity index (χ1v) is 9.08. The second-order valence-corrected chi connectivity index (χ2v) is 8.56. The van der Waals surface area contributed by atoms with Crippen molar-refractivity contribution in [3.63, 3.8) is 0 Å². The highest BCUT2D eigenvalue weighted by molar-refractivity contribution is 5.95. The van der Waals surface area contributed by atoms with E-state index in [1.807, 2.05) is 30.3 Å². The molecule has 3 aromatic heterocycles. The number of hydrogen-bond acceptors (Lipinski definition) is 2. The summed E-state index contributed by atoms with van der Waals surface area (Å²) in [7, 11) is 1.95. The van der Waals surface area contributed by atoms with Gasteiger partial charge in [0, 0.05) is 42.2 Å². The van der Waals surface area contributed by atoms with Crippen LogP contribution in [0, 0.1) is 16.7 Å². The predicted molar refractivity (Wildman–Crippen MR) is 101 cm³/mol. The third kappa shape index (κ3) is 1.88. The van der Waals surface area contributed by atoms with Gasteiger partial charge in [-0.3, -0.25) is 4.68 Å². The highest BCUT2D eigenvalue weighted by atomic mass is 15.2. The number of nitrogens with one attached hydrogen (secondary N) is 1. The van der Waals surface area contributed by atoms with E-state index in [-0.39, 0.29) is 0 Å². The lowest BCUT2D eigenvalue weighted by Gasteiger charge is -2.34. The number of nitrogens with zero attached hydrogens (tertiary/aromatic N) is 3. The van der Waals surface area contributed by atoms with Crippen molar-refractivity contribution in [2.75, 3.05) is 0 Å². The molecule has 128 valence electrons. The van der Waals surface area contributed by atoms with Crippen LogP contribution in [0.15, 0.2) is 36.9 Å². The van der Waals surface area contributed by atoms with Crippen LogP contribution in [0.4, 0.5) is 0 Å². The summed E-state index contributed by atoms with van der Waals surface area (Å²) >= 11 is 0. The van der Waals surface area contributed by atoms with Crippen LogP contribution in [0.25, 0.3) is 27.7 Å². The van der Waals surface area contributed by atoms with Crippen molar-refractivity contribution in [1.29, 1.82) is 0 Å². The Hall–Kier alpha value is -2.36. The summed E-state index contributed by atoms with van der Waals surface area (Å²) in [6.45, 7) is 7.28. The third-order valence-corrected chi connectivity index (χ3v) is 7.03. The third-order valence-electron chi connectivity index (χ3n) is 7.03. The highest BCUT2D eigenvalue weighted by Gasteiger charge is 2.56. The number of aromatic nitrogens is 4. The molecule has 1 saturated carbocycles. The van der Waals surface area contributed by atoms with E-state index in [0.29, 0.717) is 16.7 Å². The zero-order chi connectivity index (χ0) is 17.4. The van der Waals surface area contributed by atoms with Crippen LogP contribution in [-0.2, 0) is 7.05 Å². The molecule has 1 N–H and O–H groups in total. The van der Waals surface area contributed by atoms with E-state index in [0.717, 1.165) is 11.2 Å². The maximum Gasteiger partial charge on any atom is 0.137 e. The van der Waals surface area contributed by atoms with Gasteiger partial charge in [-0.05, 0) is 46.8 Å². The van der Waals surface area contributed by atoms with Gasteiger partial charge in [0.1, 0.15) is 5.65 Å². The molecule has 2 aliphatic rings. The number of hydrogen-bond donors (Lipinski definition) is 1. The largest absolute Gasteiger partial charge is 0.346 e. The van der Waals surface area contributed by atoms with E-state index in [1.54, 1.807) is 0 Å². The summed E-state index contributed by atoms with van der Waals surface area (Å²) in [6, 6.07) is 2.31. The minimum Gasteiger partial charge on any atom is -0.346 e. The lowest BCUT2D eigenvalue weighted by Crippen LogP contribution is -2.27. The minimum atomic E-state index is 0.312. The molecule has 1 unspecified atom stereocenters. The number of fused-ring (bicyclic) bond motifs is 3. The van der Waals surface area contributed by atoms with E-state index < -0.39 is 0 Å². The Kier molecular flexibility index (Phi) is 2.76. The fourth-order valence-electron chi connectivity index (χ4n) is 5.02. The smallest absolute Gasteiger partial charge is 0.137 e. The van der Waals surface area contributed by atoms with Crippen molar-refractivity contribution in [1.82, 2.24) is 19.7 Å².